The van der Waals surface area contributed by atoms with Crippen LogP contribution in [0, 0.1) is 0 Å². The van der Waals surface area contributed by atoms with Crippen molar-refractivity contribution in [1.82, 2.24) is 4.98 Å². The summed E-state index contributed by atoms with van der Waals surface area (Å²) in [6.07, 6.45) is 4.38. The molecule has 0 unspecified atom stereocenters. The van der Waals surface area contributed by atoms with E-state index in [1.807, 2.05) is 12.3 Å². The van der Waals surface area contributed by atoms with Crippen LogP contribution in [0.2, 0.25) is 0 Å². The Bertz CT molecular complexity index is 689. The van der Waals surface area contributed by atoms with E-state index in [-0.39, 0.29) is 0 Å². The number of rotatable bonds is 2. The summed E-state index contributed by atoms with van der Waals surface area (Å²) in [6, 6.07) is 16.7. The maximum Gasteiger partial charge on any atom is 0.0380 e. The largest absolute Gasteiger partial charge is 0.398 e. The number of nitrogens with two attached hydrogens (primary N) is 1. The molecule has 0 aliphatic carbocycles. The van der Waals surface area contributed by atoms with Gasteiger partial charge in [-0.3, -0.25) is 4.98 Å². The van der Waals surface area contributed by atoms with Gasteiger partial charge in [0.15, 0.2) is 0 Å². The van der Waals surface area contributed by atoms with Crippen LogP contribution < -0.4 is 5.73 Å². The van der Waals surface area contributed by atoms with Crippen LogP contribution in [-0.4, -0.2) is 4.98 Å². The summed E-state index contributed by atoms with van der Waals surface area (Å²) in [7, 11) is 0. The van der Waals surface area contributed by atoms with Gasteiger partial charge in [0.05, 0.1) is 0 Å². The maximum absolute atomic E-state index is 5.94. The molecule has 0 aliphatic heterocycles. The zero-order chi connectivity index (χ0) is 12.4. The predicted octanol–water partition coefficient (Wildman–Crippen LogP) is 3.41. The second kappa shape index (κ2) is 4.49. The van der Waals surface area contributed by atoms with Gasteiger partial charge in [-0.25, -0.2) is 0 Å². The number of benzene rings is 2. The summed E-state index contributed by atoms with van der Waals surface area (Å²) in [5.41, 5.74) is 9.08. The molecule has 3 aromatic rings. The van der Waals surface area contributed by atoms with Crippen molar-refractivity contribution in [2.45, 2.75) is 6.42 Å². The molecule has 0 amide bonds. The first-order valence-corrected chi connectivity index (χ1v) is 5.99. The molecule has 1 aromatic heterocycles. The molecule has 2 heteroatoms. The zero-order valence-corrected chi connectivity index (χ0v) is 10.0. The summed E-state index contributed by atoms with van der Waals surface area (Å²) in [4.78, 5) is 4.12. The topological polar surface area (TPSA) is 38.9 Å². The number of hydrogen-bond donors (Lipinski definition) is 1. The van der Waals surface area contributed by atoms with Crippen molar-refractivity contribution in [2.75, 3.05) is 5.73 Å². The van der Waals surface area contributed by atoms with Crippen molar-refractivity contribution >= 4 is 16.5 Å². The Hall–Kier alpha value is -2.35. The third-order valence-corrected chi connectivity index (χ3v) is 3.15. The lowest BCUT2D eigenvalue weighted by Crippen LogP contribution is -1.96. The number of fused-ring (bicyclic) bond motifs is 1. The number of anilines is 1. The molecular formula is C16H14N2. The van der Waals surface area contributed by atoms with Crippen molar-refractivity contribution in [2.24, 2.45) is 0 Å². The zero-order valence-electron chi connectivity index (χ0n) is 10.0. The quantitative estimate of drug-likeness (QED) is 0.738. The SMILES string of the molecule is Nc1ccncc1Cc1ccc2ccccc2c1. The van der Waals surface area contributed by atoms with Crippen LogP contribution in [0.15, 0.2) is 60.9 Å². The van der Waals surface area contributed by atoms with Gasteiger partial charge in [-0.05, 0) is 28.0 Å². The van der Waals surface area contributed by atoms with Crippen LogP contribution in [-0.2, 0) is 6.42 Å². The minimum Gasteiger partial charge on any atom is -0.398 e. The molecule has 0 radical (unpaired) electrons. The predicted molar refractivity (Wildman–Crippen MR) is 75.4 cm³/mol. The Labute approximate surface area is 106 Å². The first-order valence-electron chi connectivity index (χ1n) is 5.99. The molecule has 2 N–H and O–H groups in total. The van der Waals surface area contributed by atoms with E-state index >= 15 is 0 Å². The Morgan fingerprint density at radius 2 is 1.78 bits per heavy atom. The van der Waals surface area contributed by atoms with E-state index in [0.29, 0.717) is 0 Å². The molecule has 1 heterocycles. The first kappa shape index (κ1) is 10.8. The number of nitrogens with zero attached hydrogens (tertiary/aromatic N) is 1. The van der Waals surface area contributed by atoms with E-state index in [1.165, 1.54) is 16.3 Å². The summed E-state index contributed by atoms with van der Waals surface area (Å²) in [6.45, 7) is 0. The lowest BCUT2D eigenvalue weighted by molar-refractivity contribution is 1.15. The molecule has 18 heavy (non-hydrogen) atoms. The molecule has 0 fully saturated rings. The van der Waals surface area contributed by atoms with Gasteiger partial charge >= 0.3 is 0 Å². The van der Waals surface area contributed by atoms with E-state index in [0.717, 1.165) is 17.7 Å². The fourth-order valence-electron chi connectivity index (χ4n) is 2.15. The Balaban J connectivity index is 1.98. The van der Waals surface area contributed by atoms with Gasteiger partial charge in [0.2, 0.25) is 0 Å². The van der Waals surface area contributed by atoms with Crippen LogP contribution in [0.1, 0.15) is 11.1 Å². The average Bonchev–Trinajstić information content (AvgIpc) is 2.41. The van der Waals surface area contributed by atoms with Crippen molar-refractivity contribution in [3.8, 4) is 0 Å². The van der Waals surface area contributed by atoms with Crippen LogP contribution in [0.3, 0.4) is 0 Å². The molecule has 2 nitrogen and oxygen atoms in total. The molecule has 88 valence electrons. The fourth-order valence-corrected chi connectivity index (χ4v) is 2.15. The highest BCUT2D eigenvalue weighted by Gasteiger charge is 2.01. The molecule has 2 aromatic carbocycles. The molecule has 0 atom stereocenters. The second-order valence-corrected chi connectivity index (χ2v) is 4.43. The second-order valence-electron chi connectivity index (χ2n) is 4.43. The minimum absolute atomic E-state index is 0.804. The Morgan fingerprint density at radius 3 is 2.61 bits per heavy atom. The van der Waals surface area contributed by atoms with E-state index < -0.39 is 0 Å². The third kappa shape index (κ3) is 2.05. The highest BCUT2D eigenvalue weighted by Crippen LogP contribution is 2.19. The summed E-state index contributed by atoms with van der Waals surface area (Å²) >= 11 is 0. The van der Waals surface area contributed by atoms with E-state index in [9.17, 15) is 0 Å². The average molecular weight is 234 g/mol. The van der Waals surface area contributed by atoms with Gasteiger partial charge in [-0.1, -0.05) is 42.5 Å². The maximum atomic E-state index is 5.94. The molecule has 0 aliphatic rings. The number of nitrogen functional groups attached to an aromatic ring is 1. The smallest absolute Gasteiger partial charge is 0.0380 e. The monoisotopic (exact) mass is 234 g/mol. The highest BCUT2D eigenvalue weighted by molar-refractivity contribution is 5.83. The van der Waals surface area contributed by atoms with Crippen molar-refractivity contribution in [3.63, 3.8) is 0 Å². The Kier molecular flexibility index (Phi) is 2.69. The van der Waals surface area contributed by atoms with Crippen LogP contribution in [0.5, 0.6) is 0 Å². The van der Waals surface area contributed by atoms with E-state index in [2.05, 4.69) is 47.4 Å². The number of aromatic nitrogens is 1. The van der Waals surface area contributed by atoms with E-state index in [4.69, 9.17) is 5.73 Å². The summed E-state index contributed by atoms with van der Waals surface area (Å²) in [5, 5.41) is 2.53. The van der Waals surface area contributed by atoms with Gasteiger partial charge in [0.25, 0.3) is 0 Å². The lowest BCUT2D eigenvalue weighted by Gasteiger charge is -2.06. The molecule has 0 saturated heterocycles. The van der Waals surface area contributed by atoms with Gasteiger partial charge in [-0.2, -0.15) is 0 Å². The van der Waals surface area contributed by atoms with Gasteiger partial charge < -0.3 is 5.73 Å². The minimum atomic E-state index is 0.804. The van der Waals surface area contributed by atoms with Crippen LogP contribution >= 0.6 is 0 Å². The third-order valence-electron chi connectivity index (χ3n) is 3.15. The highest BCUT2D eigenvalue weighted by atomic mass is 14.7. The van der Waals surface area contributed by atoms with Crippen molar-refractivity contribution in [3.05, 3.63) is 72.1 Å². The first-order chi connectivity index (χ1) is 8.83. The Morgan fingerprint density at radius 1 is 0.944 bits per heavy atom. The van der Waals surface area contributed by atoms with Gasteiger partial charge in [0, 0.05) is 24.5 Å². The molecule has 0 spiro atoms. The van der Waals surface area contributed by atoms with Gasteiger partial charge in [-0.15, -0.1) is 0 Å². The van der Waals surface area contributed by atoms with Crippen LogP contribution in [0.4, 0.5) is 5.69 Å². The standard InChI is InChI=1S/C16H14N2/c17-16-7-8-18-11-15(16)10-12-5-6-13-3-1-2-4-14(13)9-12/h1-9,11H,10H2,(H2,17,18). The van der Waals surface area contributed by atoms with Crippen LogP contribution in [0.25, 0.3) is 10.8 Å². The normalized spacial score (nSPS) is 10.7. The van der Waals surface area contributed by atoms with Crippen molar-refractivity contribution in [1.29, 1.82) is 0 Å². The fraction of sp³-hybridized carbons (Fsp3) is 0.0625. The number of pyridine rings is 1. The molecular weight excluding hydrogens is 220 g/mol. The molecule has 0 bridgehead atoms. The summed E-state index contributed by atoms with van der Waals surface area (Å²) in [5.74, 6) is 0. The number of hydrogen-bond acceptors (Lipinski definition) is 2. The summed E-state index contributed by atoms with van der Waals surface area (Å²) < 4.78 is 0. The lowest BCUT2D eigenvalue weighted by atomic mass is 10.0. The molecule has 3 rings (SSSR count). The molecule has 0 saturated carbocycles. The van der Waals surface area contributed by atoms with E-state index in [1.54, 1.807) is 6.20 Å². The van der Waals surface area contributed by atoms with Crippen molar-refractivity contribution < 1.29 is 0 Å². The van der Waals surface area contributed by atoms with Gasteiger partial charge in [0.1, 0.15) is 0 Å².